The fraction of sp³-hybridized carbons (Fsp3) is 0.364. The number of carbonyl (C=O) groups excluding carboxylic acids is 1. The standard InChI is InChI=1S/C22H20Cl2N4O/c1-20(2)21(3)7-8-22(20,19(29)28-16-6-4-5-9-25-16)18-17(21)26-14-10-12(23)13(24)11-15(14)27-18/h4-6,9-11H,7-8H2,1-3H3,(H,25,28,29). The van der Waals surface area contributed by atoms with Gasteiger partial charge in [0.25, 0.3) is 0 Å². The first-order valence-corrected chi connectivity index (χ1v) is 10.4. The highest BCUT2D eigenvalue weighted by Crippen LogP contribution is 2.70. The van der Waals surface area contributed by atoms with Gasteiger partial charge in [0.1, 0.15) is 5.82 Å². The Morgan fingerprint density at radius 3 is 2.28 bits per heavy atom. The van der Waals surface area contributed by atoms with Crippen LogP contribution in [0, 0.1) is 5.41 Å². The predicted octanol–water partition coefficient (Wildman–Crippen LogP) is 5.30. The van der Waals surface area contributed by atoms with Crippen LogP contribution in [0.25, 0.3) is 11.0 Å². The average molecular weight is 427 g/mol. The minimum absolute atomic E-state index is 0.0858. The number of aromatic nitrogens is 3. The molecular weight excluding hydrogens is 407 g/mol. The zero-order valence-electron chi connectivity index (χ0n) is 16.4. The number of hydrogen-bond acceptors (Lipinski definition) is 4. The van der Waals surface area contributed by atoms with Gasteiger partial charge in [0, 0.05) is 11.6 Å². The van der Waals surface area contributed by atoms with Gasteiger partial charge < -0.3 is 5.32 Å². The molecule has 2 aliphatic carbocycles. The SMILES string of the molecule is CC12CCC(C(=O)Nc3ccccn3)(c3nc4cc(Cl)c(Cl)cc4nc31)C2(C)C. The third-order valence-electron chi connectivity index (χ3n) is 7.37. The van der Waals surface area contributed by atoms with E-state index in [2.05, 4.69) is 31.1 Å². The van der Waals surface area contributed by atoms with Crippen molar-refractivity contribution in [1.82, 2.24) is 15.0 Å². The van der Waals surface area contributed by atoms with Crippen molar-refractivity contribution in [3.05, 3.63) is 58.0 Å². The lowest BCUT2D eigenvalue weighted by molar-refractivity contribution is -0.125. The van der Waals surface area contributed by atoms with Gasteiger partial charge >= 0.3 is 0 Å². The van der Waals surface area contributed by atoms with Crippen LogP contribution in [0.15, 0.2) is 36.5 Å². The van der Waals surface area contributed by atoms with E-state index in [1.54, 1.807) is 24.4 Å². The third-order valence-corrected chi connectivity index (χ3v) is 8.10. The number of nitrogens with one attached hydrogen (secondary N) is 1. The van der Waals surface area contributed by atoms with Crippen molar-refractivity contribution in [1.29, 1.82) is 0 Å². The van der Waals surface area contributed by atoms with Crippen molar-refractivity contribution < 1.29 is 4.79 Å². The number of hydrogen-bond donors (Lipinski definition) is 1. The van der Waals surface area contributed by atoms with Gasteiger partial charge in [-0.15, -0.1) is 0 Å². The molecule has 0 radical (unpaired) electrons. The maximum absolute atomic E-state index is 13.7. The highest BCUT2D eigenvalue weighted by molar-refractivity contribution is 6.42. The fourth-order valence-corrected chi connectivity index (χ4v) is 5.58. The van der Waals surface area contributed by atoms with Crippen LogP contribution in [-0.2, 0) is 15.6 Å². The molecule has 1 aromatic carbocycles. The van der Waals surface area contributed by atoms with Gasteiger partial charge in [-0.05, 0) is 42.5 Å². The summed E-state index contributed by atoms with van der Waals surface area (Å²) >= 11 is 12.4. The molecule has 2 heterocycles. The van der Waals surface area contributed by atoms with Crippen LogP contribution in [0.1, 0.15) is 45.0 Å². The summed E-state index contributed by atoms with van der Waals surface area (Å²) in [5.74, 6) is 0.450. The molecule has 1 amide bonds. The Bertz CT molecular complexity index is 1180. The van der Waals surface area contributed by atoms with Crippen molar-refractivity contribution >= 4 is 46.0 Å². The monoisotopic (exact) mass is 426 g/mol. The number of pyridine rings is 1. The van der Waals surface area contributed by atoms with Crippen LogP contribution in [-0.4, -0.2) is 20.9 Å². The van der Waals surface area contributed by atoms with Gasteiger partial charge in [-0.2, -0.15) is 0 Å². The van der Waals surface area contributed by atoms with E-state index in [1.165, 1.54) is 0 Å². The van der Waals surface area contributed by atoms with Crippen molar-refractivity contribution in [2.45, 2.75) is 44.4 Å². The van der Waals surface area contributed by atoms with Crippen LogP contribution < -0.4 is 5.32 Å². The topological polar surface area (TPSA) is 67.8 Å². The van der Waals surface area contributed by atoms with E-state index in [1.807, 2.05) is 12.1 Å². The first-order valence-electron chi connectivity index (χ1n) is 9.61. The molecule has 1 N–H and O–H groups in total. The lowest BCUT2D eigenvalue weighted by atomic mass is 9.63. The second kappa shape index (κ2) is 5.89. The molecule has 2 unspecified atom stereocenters. The molecule has 1 fully saturated rings. The van der Waals surface area contributed by atoms with E-state index in [0.29, 0.717) is 33.3 Å². The van der Waals surface area contributed by atoms with Crippen molar-refractivity contribution in [2.24, 2.45) is 5.41 Å². The van der Waals surface area contributed by atoms with E-state index in [-0.39, 0.29) is 16.7 Å². The van der Waals surface area contributed by atoms with E-state index in [0.717, 1.165) is 17.8 Å². The van der Waals surface area contributed by atoms with Crippen molar-refractivity contribution in [2.75, 3.05) is 5.32 Å². The zero-order valence-corrected chi connectivity index (χ0v) is 17.9. The Hall–Kier alpha value is -2.24. The maximum atomic E-state index is 13.7. The first kappa shape index (κ1) is 18.8. The number of amides is 1. The molecule has 2 bridgehead atoms. The summed E-state index contributed by atoms with van der Waals surface area (Å²) in [4.78, 5) is 27.8. The van der Waals surface area contributed by atoms with Crippen molar-refractivity contribution in [3.63, 3.8) is 0 Å². The quantitative estimate of drug-likeness (QED) is 0.603. The number of fused-ring (bicyclic) bond motifs is 6. The highest BCUT2D eigenvalue weighted by atomic mass is 35.5. The second-order valence-electron chi connectivity index (χ2n) is 8.71. The number of anilines is 1. The van der Waals surface area contributed by atoms with E-state index >= 15 is 0 Å². The van der Waals surface area contributed by atoms with Gasteiger partial charge in [-0.1, -0.05) is 50.0 Å². The number of benzene rings is 1. The van der Waals surface area contributed by atoms with Crippen LogP contribution in [0.2, 0.25) is 10.0 Å². The second-order valence-corrected chi connectivity index (χ2v) is 9.52. The molecule has 5 rings (SSSR count). The summed E-state index contributed by atoms with van der Waals surface area (Å²) in [5, 5.41) is 3.89. The summed E-state index contributed by atoms with van der Waals surface area (Å²) in [5.41, 5.74) is 1.55. The van der Waals surface area contributed by atoms with Gasteiger partial charge in [-0.25, -0.2) is 15.0 Å². The van der Waals surface area contributed by atoms with Crippen LogP contribution in [0.3, 0.4) is 0 Å². The highest BCUT2D eigenvalue weighted by Gasteiger charge is 2.73. The number of halogens is 2. The van der Waals surface area contributed by atoms with Gasteiger partial charge in [0.05, 0.1) is 37.9 Å². The predicted molar refractivity (Wildman–Crippen MR) is 114 cm³/mol. The minimum Gasteiger partial charge on any atom is -0.310 e. The van der Waals surface area contributed by atoms with Gasteiger partial charge in [0.2, 0.25) is 5.91 Å². The number of rotatable bonds is 2. The van der Waals surface area contributed by atoms with E-state index < -0.39 is 5.41 Å². The number of carbonyl (C=O) groups is 1. The molecule has 29 heavy (non-hydrogen) atoms. The molecule has 2 aliphatic rings. The summed E-state index contributed by atoms with van der Waals surface area (Å²) in [6.07, 6.45) is 3.24. The average Bonchev–Trinajstić information content (AvgIpc) is 2.98. The smallest absolute Gasteiger partial charge is 0.238 e. The largest absolute Gasteiger partial charge is 0.310 e. The maximum Gasteiger partial charge on any atom is 0.238 e. The molecule has 7 heteroatoms. The van der Waals surface area contributed by atoms with Crippen molar-refractivity contribution in [3.8, 4) is 0 Å². The van der Waals surface area contributed by atoms with E-state index in [9.17, 15) is 4.79 Å². The van der Waals surface area contributed by atoms with Crippen LogP contribution >= 0.6 is 23.2 Å². The molecule has 5 nitrogen and oxygen atoms in total. The molecule has 2 atom stereocenters. The Balaban J connectivity index is 1.73. The summed E-state index contributed by atoms with van der Waals surface area (Å²) < 4.78 is 0. The summed E-state index contributed by atoms with van der Waals surface area (Å²) in [6.45, 7) is 6.48. The summed E-state index contributed by atoms with van der Waals surface area (Å²) in [6, 6.07) is 8.93. The molecule has 148 valence electrons. The molecule has 2 aromatic heterocycles. The number of nitrogens with zero attached hydrogens (tertiary/aromatic N) is 3. The van der Waals surface area contributed by atoms with Gasteiger partial charge in [0.15, 0.2) is 0 Å². The molecule has 0 saturated heterocycles. The van der Waals surface area contributed by atoms with Crippen LogP contribution in [0.4, 0.5) is 5.82 Å². The summed E-state index contributed by atoms with van der Waals surface area (Å²) in [7, 11) is 0. The molecule has 3 aromatic rings. The van der Waals surface area contributed by atoms with Gasteiger partial charge in [-0.3, -0.25) is 4.79 Å². The molecule has 0 spiro atoms. The third kappa shape index (κ3) is 2.23. The van der Waals surface area contributed by atoms with Crippen LogP contribution in [0.5, 0.6) is 0 Å². The lowest BCUT2D eigenvalue weighted by Crippen LogP contribution is -2.48. The Kier molecular flexibility index (Phi) is 3.81. The molecule has 1 saturated carbocycles. The minimum atomic E-state index is -0.790. The Labute approximate surface area is 178 Å². The zero-order chi connectivity index (χ0) is 20.6. The first-order chi connectivity index (χ1) is 13.7. The fourth-order valence-electron chi connectivity index (χ4n) is 5.26. The molecule has 0 aliphatic heterocycles. The molecular formula is C22H20Cl2N4O. The lowest BCUT2D eigenvalue weighted by Gasteiger charge is -2.39. The van der Waals surface area contributed by atoms with E-state index in [4.69, 9.17) is 33.2 Å². The Morgan fingerprint density at radius 2 is 1.66 bits per heavy atom. The normalized spacial score (nSPS) is 26.5. The Morgan fingerprint density at radius 1 is 1.00 bits per heavy atom.